The van der Waals surface area contributed by atoms with Gasteiger partial charge in [0.05, 0.1) is 50.1 Å². The molecule has 2 aromatic carbocycles. The molecule has 4 heterocycles. The Morgan fingerprint density at radius 3 is 1.51 bits per heavy atom. The molecule has 0 unspecified atom stereocenters. The molecule has 15 nitrogen and oxygen atoms in total. The Balaban J connectivity index is 1.11. The third kappa shape index (κ3) is 8.51. The molecule has 6 rings (SSSR count). The second-order valence-electron chi connectivity index (χ2n) is 14.5. The molecule has 0 bridgehead atoms. The minimum atomic E-state index is -0.923. The number of H-pyrrole nitrogens is 2. The number of rotatable bonds is 12. The zero-order chi connectivity index (χ0) is 39.2. The quantitative estimate of drug-likeness (QED) is 0.129. The number of alkyl carbamates (subject to hydrolysis) is 2. The van der Waals surface area contributed by atoms with Gasteiger partial charge in [0.25, 0.3) is 0 Å². The molecule has 2 aromatic heterocycles. The van der Waals surface area contributed by atoms with E-state index in [4.69, 9.17) is 9.47 Å². The van der Waals surface area contributed by atoms with Crippen LogP contribution >= 0.6 is 0 Å². The summed E-state index contributed by atoms with van der Waals surface area (Å²) in [5, 5.41) is 15.0. The lowest BCUT2D eigenvalue weighted by Gasteiger charge is -2.30. The van der Waals surface area contributed by atoms with Crippen molar-refractivity contribution < 1.29 is 33.8 Å². The molecule has 5 N–H and O–H groups in total. The summed E-state index contributed by atoms with van der Waals surface area (Å²) in [5.74, 6) is 0.341. The fourth-order valence-electron chi connectivity index (χ4n) is 7.41. The van der Waals surface area contributed by atoms with Crippen LogP contribution in [0.2, 0.25) is 0 Å². The molecule has 2 saturated heterocycles. The highest BCUT2D eigenvalue weighted by Crippen LogP contribution is 2.35. The Morgan fingerprint density at radius 1 is 0.709 bits per heavy atom. The lowest BCUT2D eigenvalue weighted by atomic mass is 10.0. The van der Waals surface area contributed by atoms with Gasteiger partial charge in [0.2, 0.25) is 11.8 Å². The number of ether oxygens (including phenoxy) is 2. The first-order chi connectivity index (χ1) is 26.5. The van der Waals surface area contributed by atoms with E-state index in [1.165, 1.54) is 14.2 Å². The Morgan fingerprint density at radius 2 is 1.11 bits per heavy atom. The highest BCUT2D eigenvalue weighted by molar-refractivity contribution is 5.87. The van der Waals surface area contributed by atoms with E-state index in [9.17, 15) is 24.3 Å². The van der Waals surface area contributed by atoms with Gasteiger partial charge >= 0.3 is 12.2 Å². The molecule has 4 amide bonds. The van der Waals surface area contributed by atoms with Crippen molar-refractivity contribution in [2.45, 2.75) is 70.6 Å². The highest BCUT2D eigenvalue weighted by Gasteiger charge is 2.39. The number of likely N-dealkylation sites (tertiary alicyclic amines) is 2. The third-order valence-electron chi connectivity index (χ3n) is 10.6. The van der Waals surface area contributed by atoms with Crippen LogP contribution in [-0.4, -0.2) is 105 Å². The van der Waals surface area contributed by atoms with E-state index < -0.39 is 30.2 Å². The number of aliphatic hydroxyl groups is 1. The number of methoxy groups -OCH3 is 2. The zero-order valence-electron chi connectivity index (χ0n) is 31.9. The second-order valence-corrected chi connectivity index (χ2v) is 14.5. The third-order valence-corrected chi connectivity index (χ3v) is 10.6. The number of carbonyl (C=O) groups is 4. The number of hydrogen-bond acceptors (Lipinski definition) is 9. The Bertz CT molecular complexity index is 1960. The van der Waals surface area contributed by atoms with Crippen LogP contribution in [-0.2, 0) is 19.1 Å². The number of nitrogens with one attached hydrogen (secondary N) is 4. The molecule has 5 atom stereocenters. The Hall–Kier alpha value is -5.70. The van der Waals surface area contributed by atoms with Crippen molar-refractivity contribution in [3.8, 4) is 33.6 Å². The van der Waals surface area contributed by atoms with Crippen molar-refractivity contribution in [3.63, 3.8) is 0 Å². The predicted molar refractivity (Wildman–Crippen MR) is 204 cm³/mol. The number of aromatic nitrogens is 4. The van der Waals surface area contributed by atoms with E-state index in [-0.39, 0.29) is 36.4 Å². The average Bonchev–Trinajstić information content (AvgIpc) is 4.05. The molecule has 2 aliphatic rings. The summed E-state index contributed by atoms with van der Waals surface area (Å²) >= 11 is 0. The molecule has 55 heavy (non-hydrogen) atoms. The minimum absolute atomic E-state index is 0.110. The summed E-state index contributed by atoms with van der Waals surface area (Å²) in [6.07, 6.45) is 5.33. The van der Waals surface area contributed by atoms with Crippen LogP contribution in [0.4, 0.5) is 9.59 Å². The van der Waals surface area contributed by atoms with Gasteiger partial charge in [-0.25, -0.2) is 19.6 Å². The molecule has 292 valence electrons. The Kier molecular flexibility index (Phi) is 12.2. The monoisotopic (exact) mass is 754 g/mol. The van der Waals surface area contributed by atoms with E-state index >= 15 is 0 Å². The maximum absolute atomic E-state index is 13.6. The van der Waals surface area contributed by atoms with Crippen molar-refractivity contribution in [1.29, 1.82) is 0 Å². The number of carbonyl (C=O) groups excluding carboxylic acids is 4. The molecular formula is C40H50N8O7. The number of imidazole rings is 2. The smallest absolute Gasteiger partial charge is 0.407 e. The summed E-state index contributed by atoms with van der Waals surface area (Å²) in [7, 11) is 2.52. The molecule has 0 spiro atoms. The summed E-state index contributed by atoms with van der Waals surface area (Å²) in [4.78, 5) is 70.6. The normalized spacial score (nSPS) is 18.5. The van der Waals surface area contributed by atoms with Crippen LogP contribution in [0.5, 0.6) is 0 Å². The number of amides is 4. The molecule has 4 aromatic rings. The lowest BCUT2D eigenvalue weighted by Crippen LogP contribution is -2.52. The second kappa shape index (κ2) is 17.2. The van der Waals surface area contributed by atoms with Crippen molar-refractivity contribution in [1.82, 2.24) is 40.4 Å². The van der Waals surface area contributed by atoms with E-state index in [0.717, 1.165) is 59.3 Å². The number of aliphatic hydroxyl groups excluding tert-OH is 1. The first-order valence-corrected chi connectivity index (χ1v) is 18.7. The van der Waals surface area contributed by atoms with Gasteiger partial charge in [0.15, 0.2) is 0 Å². The topological polar surface area (TPSA) is 195 Å². The molecule has 2 fully saturated rings. The fourth-order valence-corrected chi connectivity index (χ4v) is 7.41. The molecular weight excluding hydrogens is 704 g/mol. The standard InChI is InChI=1S/C40H50N8O7/c1-23(2)33(45-39(52)54-4)37(50)47-18-6-8-31(47)35-41-20-29(43-35)27-14-10-25(11-15-27)26-12-16-28(17-13-26)30-21-42-36(44-30)32-9-7-19-48(32)38(51)34(24(3)22-49)46-40(53)55-5/h10-17,20-21,23-24,31-34,49H,6-9,18-19,22H2,1-5H3,(H,41,43)(H,42,44)(H,45,52)(H,46,53)/t24-,31-,32-,33-,34-/m0/s1. The van der Waals surface area contributed by atoms with Crippen LogP contribution in [0.25, 0.3) is 33.6 Å². The van der Waals surface area contributed by atoms with Crippen molar-refractivity contribution in [3.05, 3.63) is 72.6 Å². The van der Waals surface area contributed by atoms with Gasteiger partial charge in [-0.3, -0.25) is 9.59 Å². The minimum Gasteiger partial charge on any atom is -0.453 e. The fraction of sp³-hybridized carbons (Fsp3) is 0.450. The van der Waals surface area contributed by atoms with Gasteiger partial charge in [0, 0.05) is 25.6 Å². The first-order valence-electron chi connectivity index (χ1n) is 18.7. The van der Waals surface area contributed by atoms with Gasteiger partial charge in [-0.15, -0.1) is 0 Å². The van der Waals surface area contributed by atoms with E-state index in [0.29, 0.717) is 24.7 Å². The summed E-state index contributed by atoms with van der Waals surface area (Å²) in [6, 6.07) is 14.2. The van der Waals surface area contributed by atoms with Gasteiger partial charge < -0.3 is 45.0 Å². The molecule has 0 radical (unpaired) electrons. The van der Waals surface area contributed by atoms with Crippen LogP contribution in [0.1, 0.15) is 70.2 Å². The van der Waals surface area contributed by atoms with Gasteiger partial charge in [0.1, 0.15) is 23.7 Å². The first kappa shape index (κ1) is 39.0. The van der Waals surface area contributed by atoms with Gasteiger partial charge in [-0.1, -0.05) is 69.3 Å². The summed E-state index contributed by atoms with van der Waals surface area (Å²) < 4.78 is 9.46. The Labute approximate surface area is 320 Å². The number of nitrogens with zero attached hydrogens (tertiary/aromatic N) is 4. The van der Waals surface area contributed by atoms with Crippen molar-refractivity contribution in [2.75, 3.05) is 33.9 Å². The summed E-state index contributed by atoms with van der Waals surface area (Å²) in [6.45, 7) is 6.33. The molecule has 0 aliphatic carbocycles. The van der Waals surface area contributed by atoms with E-state index in [2.05, 4.69) is 54.8 Å². The molecule has 0 saturated carbocycles. The van der Waals surface area contributed by atoms with Gasteiger partial charge in [-0.05, 0) is 53.9 Å². The molecule has 2 aliphatic heterocycles. The van der Waals surface area contributed by atoms with E-state index in [1.54, 1.807) is 29.1 Å². The van der Waals surface area contributed by atoms with Crippen LogP contribution in [0, 0.1) is 11.8 Å². The zero-order valence-corrected chi connectivity index (χ0v) is 31.9. The van der Waals surface area contributed by atoms with Crippen LogP contribution < -0.4 is 10.6 Å². The van der Waals surface area contributed by atoms with Crippen LogP contribution in [0.15, 0.2) is 60.9 Å². The maximum atomic E-state index is 13.6. The average molecular weight is 755 g/mol. The molecule has 15 heteroatoms. The SMILES string of the molecule is COC(=O)N[C@H](C(=O)N1CCC[C@H]1c1ncc(-c2ccc(-c3ccc(-c4cnc([C@@H]5CCCN5C(=O)[C@@H](NC(=O)OC)[C@@H](C)CO)[nH]4)cc3)cc2)[nH]1)C(C)C. The number of hydrogen-bond donors (Lipinski definition) is 5. The van der Waals surface area contributed by atoms with Crippen molar-refractivity contribution in [2.24, 2.45) is 11.8 Å². The maximum Gasteiger partial charge on any atom is 0.407 e. The summed E-state index contributed by atoms with van der Waals surface area (Å²) in [5.41, 5.74) is 5.65. The highest BCUT2D eigenvalue weighted by atomic mass is 16.5. The van der Waals surface area contributed by atoms with Crippen LogP contribution in [0.3, 0.4) is 0 Å². The van der Waals surface area contributed by atoms with Gasteiger partial charge in [-0.2, -0.15) is 0 Å². The number of aromatic amines is 2. The number of benzene rings is 2. The largest absolute Gasteiger partial charge is 0.453 e. The lowest BCUT2D eigenvalue weighted by molar-refractivity contribution is -0.136. The van der Waals surface area contributed by atoms with E-state index in [1.807, 2.05) is 38.1 Å². The van der Waals surface area contributed by atoms with Crippen molar-refractivity contribution >= 4 is 24.0 Å². The predicted octanol–water partition coefficient (Wildman–Crippen LogP) is 5.19.